The Bertz CT molecular complexity index is 461. The normalized spacial score (nSPS) is 13.3. The zero-order valence-electron chi connectivity index (χ0n) is 9.36. The van der Waals surface area contributed by atoms with Gasteiger partial charge in [0.2, 0.25) is 0 Å². The minimum atomic E-state index is 0.316. The van der Waals surface area contributed by atoms with Gasteiger partial charge >= 0.3 is 0 Å². The highest BCUT2D eigenvalue weighted by atomic mass is 15.2. The summed E-state index contributed by atoms with van der Waals surface area (Å²) in [7, 11) is 0. The van der Waals surface area contributed by atoms with Crippen LogP contribution in [0.3, 0.4) is 0 Å². The van der Waals surface area contributed by atoms with Gasteiger partial charge in [-0.05, 0) is 20.4 Å². The van der Waals surface area contributed by atoms with Crippen molar-refractivity contribution in [3.63, 3.8) is 0 Å². The molecule has 4 heteroatoms. The zero-order chi connectivity index (χ0) is 10.8. The molecule has 0 amide bonds. The van der Waals surface area contributed by atoms with Crippen LogP contribution in [0, 0.1) is 6.92 Å². The van der Waals surface area contributed by atoms with Crippen LogP contribution in [0.15, 0.2) is 18.5 Å². The molecule has 0 saturated carbocycles. The first kappa shape index (κ1) is 10.1. The van der Waals surface area contributed by atoms with E-state index in [4.69, 9.17) is 0 Å². The zero-order valence-corrected chi connectivity index (χ0v) is 9.36. The van der Waals surface area contributed by atoms with E-state index in [1.807, 2.05) is 16.8 Å². The average molecular weight is 204 g/mol. The van der Waals surface area contributed by atoms with Crippen LogP contribution in [-0.4, -0.2) is 21.1 Å². The minimum Gasteiger partial charge on any atom is -0.310 e. The number of aromatic nitrogens is 3. The van der Waals surface area contributed by atoms with Crippen LogP contribution in [0.1, 0.15) is 31.1 Å². The van der Waals surface area contributed by atoms with Crippen molar-refractivity contribution in [1.29, 1.82) is 0 Å². The number of hydrogen-bond donors (Lipinski definition) is 1. The summed E-state index contributed by atoms with van der Waals surface area (Å²) in [4.78, 5) is 4.37. The summed E-state index contributed by atoms with van der Waals surface area (Å²) in [5.74, 6) is 0. The maximum absolute atomic E-state index is 4.37. The van der Waals surface area contributed by atoms with Gasteiger partial charge in [0.05, 0.1) is 6.20 Å². The summed E-state index contributed by atoms with van der Waals surface area (Å²) in [6, 6.07) is 2.23. The standard InChI is InChI=1S/C11H16N4/c1-4-12-8(2)10-7-13-11-5-6-14-15(11)9(10)3/h5-8,12H,4H2,1-3H3. The van der Waals surface area contributed by atoms with Gasteiger partial charge in [0.15, 0.2) is 5.65 Å². The van der Waals surface area contributed by atoms with Gasteiger partial charge in [-0.15, -0.1) is 0 Å². The lowest BCUT2D eigenvalue weighted by molar-refractivity contribution is 0.587. The predicted octanol–water partition coefficient (Wildman–Crippen LogP) is 1.71. The Kier molecular flexibility index (Phi) is 2.68. The molecule has 15 heavy (non-hydrogen) atoms. The SMILES string of the molecule is CCNC(C)c1cnc2ccnn2c1C. The molecule has 2 heterocycles. The van der Waals surface area contributed by atoms with Crippen molar-refractivity contribution in [1.82, 2.24) is 19.9 Å². The molecule has 0 radical (unpaired) electrons. The highest BCUT2D eigenvalue weighted by Crippen LogP contribution is 2.16. The second kappa shape index (κ2) is 3.98. The van der Waals surface area contributed by atoms with Crippen molar-refractivity contribution in [2.24, 2.45) is 0 Å². The molecule has 0 fully saturated rings. The van der Waals surface area contributed by atoms with Crippen molar-refractivity contribution in [2.75, 3.05) is 6.54 Å². The monoisotopic (exact) mass is 204 g/mol. The fraction of sp³-hybridized carbons (Fsp3) is 0.455. The Morgan fingerprint density at radius 3 is 3.07 bits per heavy atom. The third-order valence-electron chi connectivity index (χ3n) is 2.67. The molecular formula is C11H16N4. The van der Waals surface area contributed by atoms with Gasteiger partial charge in [0, 0.05) is 29.6 Å². The smallest absolute Gasteiger partial charge is 0.155 e. The lowest BCUT2D eigenvalue weighted by atomic mass is 10.1. The van der Waals surface area contributed by atoms with Crippen LogP contribution in [0.2, 0.25) is 0 Å². The van der Waals surface area contributed by atoms with E-state index in [0.717, 1.165) is 17.9 Å². The molecule has 0 saturated heterocycles. The molecule has 0 aliphatic carbocycles. The molecule has 0 aromatic carbocycles. The Morgan fingerprint density at radius 1 is 1.53 bits per heavy atom. The van der Waals surface area contributed by atoms with E-state index < -0.39 is 0 Å². The van der Waals surface area contributed by atoms with E-state index in [1.54, 1.807) is 6.20 Å². The van der Waals surface area contributed by atoms with E-state index >= 15 is 0 Å². The third-order valence-corrected chi connectivity index (χ3v) is 2.67. The number of rotatable bonds is 3. The van der Waals surface area contributed by atoms with E-state index in [1.165, 1.54) is 5.56 Å². The predicted molar refractivity (Wildman–Crippen MR) is 59.8 cm³/mol. The summed E-state index contributed by atoms with van der Waals surface area (Å²) < 4.78 is 1.88. The number of aryl methyl sites for hydroxylation is 1. The molecule has 2 rings (SSSR count). The second-order valence-corrected chi connectivity index (χ2v) is 3.68. The highest BCUT2D eigenvalue weighted by Gasteiger charge is 2.10. The lowest BCUT2D eigenvalue weighted by Gasteiger charge is -2.15. The highest BCUT2D eigenvalue weighted by molar-refractivity contribution is 5.39. The molecular weight excluding hydrogens is 188 g/mol. The summed E-state index contributed by atoms with van der Waals surface area (Å²) in [6.07, 6.45) is 3.71. The van der Waals surface area contributed by atoms with Crippen LogP contribution >= 0.6 is 0 Å². The van der Waals surface area contributed by atoms with E-state index in [2.05, 4.69) is 36.2 Å². The summed E-state index contributed by atoms with van der Waals surface area (Å²) in [6.45, 7) is 7.27. The average Bonchev–Trinajstić information content (AvgIpc) is 2.67. The Balaban J connectivity index is 2.47. The molecule has 2 aromatic rings. The maximum Gasteiger partial charge on any atom is 0.155 e. The van der Waals surface area contributed by atoms with E-state index in [9.17, 15) is 0 Å². The molecule has 0 aliphatic heterocycles. The number of hydrogen-bond acceptors (Lipinski definition) is 3. The molecule has 80 valence electrons. The van der Waals surface area contributed by atoms with Gasteiger partial charge in [-0.2, -0.15) is 5.10 Å². The van der Waals surface area contributed by atoms with Crippen molar-refractivity contribution in [3.8, 4) is 0 Å². The second-order valence-electron chi connectivity index (χ2n) is 3.68. The molecule has 1 atom stereocenters. The number of nitrogens with one attached hydrogen (secondary N) is 1. The molecule has 0 bridgehead atoms. The van der Waals surface area contributed by atoms with Crippen LogP contribution in [0.25, 0.3) is 5.65 Å². The first-order valence-corrected chi connectivity index (χ1v) is 5.26. The van der Waals surface area contributed by atoms with Gasteiger partial charge in [0.1, 0.15) is 0 Å². The Hall–Kier alpha value is -1.42. The quantitative estimate of drug-likeness (QED) is 0.827. The third kappa shape index (κ3) is 1.72. The summed E-state index contributed by atoms with van der Waals surface area (Å²) >= 11 is 0. The van der Waals surface area contributed by atoms with Crippen molar-refractivity contribution >= 4 is 5.65 Å². The molecule has 0 aliphatic rings. The first-order chi connectivity index (χ1) is 7.24. The van der Waals surface area contributed by atoms with Crippen LogP contribution in [0.4, 0.5) is 0 Å². The van der Waals surface area contributed by atoms with E-state index in [-0.39, 0.29) is 0 Å². The van der Waals surface area contributed by atoms with Crippen molar-refractivity contribution < 1.29 is 0 Å². The van der Waals surface area contributed by atoms with Crippen LogP contribution in [-0.2, 0) is 0 Å². The maximum atomic E-state index is 4.37. The van der Waals surface area contributed by atoms with Crippen molar-refractivity contribution in [2.45, 2.75) is 26.8 Å². The number of nitrogens with zero attached hydrogens (tertiary/aromatic N) is 3. The molecule has 4 nitrogen and oxygen atoms in total. The minimum absolute atomic E-state index is 0.316. The molecule has 0 spiro atoms. The van der Waals surface area contributed by atoms with Crippen LogP contribution < -0.4 is 5.32 Å². The van der Waals surface area contributed by atoms with Gasteiger partial charge in [-0.3, -0.25) is 0 Å². The van der Waals surface area contributed by atoms with Gasteiger partial charge in [-0.25, -0.2) is 9.50 Å². The van der Waals surface area contributed by atoms with Crippen molar-refractivity contribution in [3.05, 3.63) is 29.7 Å². The van der Waals surface area contributed by atoms with Crippen LogP contribution in [0.5, 0.6) is 0 Å². The molecule has 1 N–H and O–H groups in total. The van der Waals surface area contributed by atoms with Gasteiger partial charge < -0.3 is 5.32 Å². The fourth-order valence-corrected chi connectivity index (χ4v) is 1.85. The van der Waals surface area contributed by atoms with Gasteiger partial charge in [0.25, 0.3) is 0 Å². The topological polar surface area (TPSA) is 42.2 Å². The lowest BCUT2D eigenvalue weighted by Crippen LogP contribution is -2.20. The molecule has 1 unspecified atom stereocenters. The Labute approximate surface area is 89.3 Å². The Morgan fingerprint density at radius 2 is 2.33 bits per heavy atom. The van der Waals surface area contributed by atoms with E-state index in [0.29, 0.717) is 6.04 Å². The summed E-state index contributed by atoms with van der Waals surface area (Å²) in [5.41, 5.74) is 3.26. The fourth-order valence-electron chi connectivity index (χ4n) is 1.85. The van der Waals surface area contributed by atoms with Gasteiger partial charge in [-0.1, -0.05) is 6.92 Å². The largest absolute Gasteiger partial charge is 0.310 e. The first-order valence-electron chi connectivity index (χ1n) is 5.26. The number of fused-ring (bicyclic) bond motifs is 1. The molecule has 2 aromatic heterocycles. The summed E-state index contributed by atoms with van der Waals surface area (Å²) in [5, 5.41) is 7.63.